The molecular weight excluding hydrogens is 226 g/mol. The van der Waals surface area contributed by atoms with E-state index in [2.05, 4.69) is 15.6 Å². The van der Waals surface area contributed by atoms with E-state index in [9.17, 15) is 4.79 Å². The van der Waals surface area contributed by atoms with Gasteiger partial charge in [-0.2, -0.15) is 0 Å². The van der Waals surface area contributed by atoms with Crippen molar-refractivity contribution in [3.63, 3.8) is 0 Å². The van der Waals surface area contributed by atoms with Gasteiger partial charge in [-0.25, -0.2) is 0 Å². The van der Waals surface area contributed by atoms with Crippen LogP contribution in [0.2, 0.25) is 0 Å². The highest BCUT2D eigenvalue weighted by atomic mass is 16.1. The number of pyridine rings is 1. The van der Waals surface area contributed by atoms with E-state index in [-0.39, 0.29) is 11.9 Å². The van der Waals surface area contributed by atoms with Crippen molar-refractivity contribution in [3.05, 3.63) is 29.6 Å². The number of hydrogen-bond donors (Lipinski definition) is 2. The van der Waals surface area contributed by atoms with Gasteiger partial charge < -0.3 is 10.6 Å². The summed E-state index contributed by atoms with van der Waals surface area (Å²) in [5.74, 6) is 0.642. The first-order valence-electron chi connectivity index (χ1n) is 6.80. The Morgan fingerprint density at radius 1 is 1.33 bits per heavy atom. The van der Waals surface area contributed by atoms with Crippen LogP contribution in [0.15, 0.2) is 18.3 Å². The normalized spacial score (nSPS) is 23.7. The summed E-state index contributed by atoms with van der Waals surface area (Å²) >= 11 is 0. The molecule has 96 valence electrons. The number of carbonyl (C=O) groups is 1. The van der Waals surface area contributed by atoms with Crippen LogP contribution in [0.4, 0.5) is 0 Å². The minimum absolute atomic E-state index is 0.0500. The van der Waals surface area contributed by atoms with Crippen LogP contribution in [0.1, 0.15) is 47.7 Å². The Balaban J connectivity index is 1.60. The summed E-state index contributed by atoms with van der Waals surface area (Å²) in [6.45, 7) is 1.92. The smallest absolute Gasteiger partial charge is 0.270 e. The molecule has 2 N–H and O–H groups in total. The van der Waals surface area contributed by atoms with Crippen molar-refractivity contribution in [1.82, 2.24) is 15.6 Å². The Labute approximate surface area is 107 Å². The molecule has 0 unspecified atom stereocenters. The molecule has 4 heteroatoms. The third-order valence-electron chi connectivity index (χ3n) is 3.70. The SMILES string of the molecule is O=C(N[C@H]1CCCNC1)c1ccc(C2CC2)cn1. The van der Waals surface area contributed by atoms with Crippen LogP contribution < -0.4 is 10.6 Å². The first kappa shape index (κ1) is 11.7. The fourth-order valence-corrected chi connectivity index (χ4v) is 2.43. The number of piperidine rings is 1. The summed E-state index contributed by atoms with van der Waals surface area (Å²) in [5.41, 5.74) is 1.80. The van der Waals surface area contributed by atoms with Crippen LogP contribution in [0.3, 0.4) is 0 Å². The zero-order chi connectivity index (χ0) is 12.4. The van der Waals surface area contributed by atoms with Gasteiger partial charge in [0, 0.05) is 18.8 Å². The van der Waals surface area contributed by atoms with Gasteiger partial charge in [0.15, 0.2) is 0 Å². The van der Waals surface area contributed by atoms with Crippen molar-refractivity contribution in [1.29, 1.82) is 0 Å². The van der Waals surface area contributed by atoms with E-state index >= 15 is 0 Å². The van der Waals surface area contributed by atoms with Gasteiger partial charge in [0.05, 0.1) is 0 Å². The second-order valence-electron chi connectivity index (χ2n) is 5.27. The largest absolute Gasteiger partial charge is 0.347 e. The Bertz CT molecular complexity index is 419. The van der Waals surface area contributed by atoms with Crippen LogP contribution in [0, 0.1) is 0 Å². The minimum atomic E-state index is -0.0500. The second-order valence-corrected chi connectivity index (χ2v) is 5.27. The quantitative estimate of drug-likeness (QED) is 0.847. The van der Waals surface area contributed by atoms with Gasteiger partial charge in [0.25, 0.3) is 5.91 Å². The molecule has 0 spiro atoms. The minimum Gasteiger partial charge on any atom is -0.347 e. The fourth-order valence-electron chi connectivity index (χ4n) is 2.43. The van der Waals surface area contributed by atoms with Gasteiger partial charge in [-0.15, -0.1) is 0 Å². The van der Waals surface area contributed by atoms with Crippen molar-refractivity contribution < 1.29 is 4.79 Å². The van der Waals surface area contributed by atoms with Crippen molar-refractivity contribution in [2.45, 2.75) is 37.6 Å². The number of nitrogens with one attached hydrogen (secondary N) is 2. The number of hydrogen-bond acceptors (Lipinski definition) is 3. The molecule has 2 aliphatic rings. The third-order valence-corrected chi connectivity index (χ3v) is 3.70. The second kappa shape index (κ2) is 5.06. The van der Waals surface area contributed by atoms with E-state index in [0.717, 1.165) is 25.9 Å². The van der Waals surface area contributed by atoms with E-state index in [1.165, 1.54) is 18.4 Å². The molecule has 4 nitrogen and oxygen atoms in total. The summed E-state index contributed by atoms with van der Waals surface area (Å²) in [6, 6.07) is 4.13. The number of amides is 1. The zero-order valence-corrected chi connectivity index (χ0v) is 10.5. The molecule has 18 heavy (non-hydrogen) atoms. The van der Waals surface area contributed by atoms with E-state index in [1.54, 1.807) is 0 Å². The molecule has 0 bridgehead atoms. The highest BCUT2D eigenvalue weighted by Crippen LogP contribution is 2.39. The number of rotatable bonds is 3. The Kier molecular flexibility index (Phi) is 3.28. The lowest BCUT2D eigenvalue weighted by atomic mass is 10.1. The van der Waals surface area contributed by atoms with Gasteiger partial charge in [-0.05, 0) is 49.8 Å². The molecule has 0 aromatic carbocycles. The van der Waals surface area contributed by atoms with Crippen LogP contribution in [0.5, 0.6) is 0 Å². The fraction of sp³-hybridized carbons (Fsp3) is 0.571. The summed E-state index contributed by atoms with van der Waals surface area (Å²) < 4.78 is 0. The lowest BCUT2D eigenvalue weighted by Crippen LogP contribution is -2.45. The first-order valence-corrected chi connectivity index (χ1v) is 6.80. The molecule has 1 aromatic rings. The summed E-state index contributed by atoms with van der Waals surface area (Å²) in [4.78, 5) is 16.3. The molecule has 0 radical (unpaired) electrons. The van der Waals surface area contributed by atoms with Crippen LogP contribution in [-0.2, 0) is 0 Å². The monoisotopic (exact) mass is 245 g/mol. The molecule has 1 saturated heterocycles. The van der Waals surface area contributed by atoms with Crippen molar-refractivity contribution >= 4 is 5.91 Å². The summed E-state index contributed by atoms with van der Waals surface area (Å²) in [7, 11) is 0. The standard InChI is InChI=1S/C14H19N3O/c18-14(17-12-2-1-7-15-9-12)13-6-5-11(8-16-13)10-3-4-10/h5-6,8,10,12,15H,1-4,7,9H2,(H,17,18)/t12-/m0/s1. The van der Waals surface area contributed by atoms with Crippen LogP contribution in [-0.4, -0.2) is 30.0 Å². The molecular formula is C14H19N3O. The van der Waals surface area contributed by atoms with E-state index in [4.69, 9.17) is 0 Å². The average Bonchev–Trinajstić information content (AvgIpc) is 3.24. The molecule has 1 aliphatic heterocycles. The van der Waals surface area contributed by atoms with E-state index in [0.29, 0.717) is 11.6 Å². The van der Waals surface area contributed by atoms with Crippen molar-refractivity contribution in [2.75, 3.05) is 13.1 Å². The summed E-state index contributed by atoms with van der Waals surface area (Å²) in [6.07, 6.45) is 6.56. The maximum Gasteiger partial charge on any atom is 0.270 e. The highest BCUT2D eigenvalue weighted by molar-refractivity contribution is 5.92. The predicted octanol–water partition coefficient (Wildman–Crippen LogP) is 1.44. The van der Waals surface area contributed by atoms with E-state index < -0.39 is 0 Å². The molecule has 1 atom stereocenters. The number of carbonyl (C=O) groups excluding carboxylic acids is 1. The Morgan fingerprint density at radius 2 is 2.22 bits per heavy atom. The molecule has 1 aromatic heterocycles. The average molecular weight is 245 g/mol. The van der Waals surface area contributed by atoms with Gasteiger partial charge in [0.2, 0.25) is 0 Å². The summed E-state index contributed by atoms with van der Waals surface area (Å²) in [5, 5.41) is 6.32. The Hall–Kier alpha value is -1.42. The maximum absolute atomic E-state index is 12.0. The molecule has 2 fully saturated rings. The van der Waals surface area contributed by atoms with Crippen LogP contribution >= 0.6 is 0 Å². The van der Waals surface area contributed by atoms with Gasteiger partial charge in [0.1, 0.15) is 5.69 Å². The number of nitrogens with zero attached hydrogens (tertiary/aromatic N) is 1. The third kappa shape index (κ3) is 2.70. The molecule has 2 heterocycles. The molecule has 1 amide bonds. The van der Waals surface area contributed by atoms with Crippen molar-refractivity contribution in [3.8, 4) is 0 Å². The maximum atomic E-state index is 12.0. The van der Waals surface area contributed by atoms with Gasteiger partial charge in [-0.1, -0.05) is 6.07 Å². The van der Waals surface area contributed by atoms with Crippen LogP contribution in [0.25, 0.3) is 0 Å². The zero-order valence-electron chi connectivity index (χ0n) is 10.5. The van der Waals surface area contributed by atoms with Gasteiger partial charge in [-0.3, -0.25) is 9.78 Å². The topological polar surface area (TPSA) is 54.0 Å². The number of aromatic nitrogens is 1. The van der Waals surface area contributed by atoms with Gasteiger partial charge >= 0.3 is 0 Å². The first-order chi connectivity index (χ1) is 8.83. The van der Waals surface area contributed by atoms with Crippen molar-refractivity contribution in [2.24, 2.45) is 0 Å². The lowest BCUT2D eigenvalue weighted by molar-refractivity contribution is 0.0925. The molecule has 1 aliphatic carbocycles. The molecule has 3 rings (SSSR count). The highest BCUT2D eigenvalue weighted by Gasteiger charge is 2.24. The predicted molar refractivity (Wildman–Crippen MR) is 69.6 cm³/mol. The van der Waals surface area contributed by atoms with E-state index in [1.807, 2.05) is 18.3 Å². The Morgan fingerprint density at radius 3 is 2.83 bits per heavy atom. The molecule has 1 saturated carbocycles. The lowest BCUT2D eigenvalue weighted by Gasteiger charge is -2.23.